The second-order valence-electron chi connectivity index (χ2n) is 5.10. The van der Waals surface area contributed by atoms with Crippen molar-refractivity contribution in [3.63, 3.8) is 0 Å². The fraction of sp³-hybridized carbons (Fsp3) is 0.750. The molecule has 1 aliphatic rings. The van der Waals surface area contributed by atoms with E-state index in [1.54, 1.807) is 13.2 Å². The highest BCUT2D eigenvalue weighted by Gasteiger charge is 2.37. The molecule has 1 heterocycles. The molecule has 2 N–H and O–H groups in total. The van der Waals surface area contributed by atoms with Crippen molar-refractivity contribution in [2.24, 2.45) is 5.92 Å². The summed E-state index contributed by atoms with van der Waals surface area (Å²) >= 11 is 0. The van der Waals surface area contributed by atoms with Crippen LogP contribution in [0.3, 0.4) is 0 Å². The van der Waals surface area contributed by atoms with Gasteiger partial charge in [0.2, 0.25) is 0 Å². The smallest absolute Gasteiger partial charge is 0.260 e. The van der Waals surface area contributed by atoms with Crippen LogP contribution in [0.5, 0.6) is 0 Å². The van der Waals surface area contributed by atoms with E-state index < -0.39 is 10.0 Å². The summed E-state index contributed by atoms with van der Waals surface area (Å²) in [6, 6.07) is 0.0419. The maximum Gasteiger partial charge on any atom is 0.260 e. The van der Waals surface area contributed by atoms with Gasteiger partial charge >= 0.3 is 0 Å². The predicted octanol–water partition coefficient (Wildman–Crippen LogP) is 0.938. The number of aromatic nitrogens is 2. The second kappa shape index (κ2) is 5.60. The zero-order chi connectivity index (χ0) is 14.0. The highest BCUT2D eigenvalue weighted by atomic mass is 32.2. The lowest BCUT2D eigenvalue weighted by Gasteiger charge is -2.23. The molecule has 0 saturated heterocycles. The first-order valence-corrected chi connectivity index (χ1v) is 8.13. The Bertz CT molecular complexity index is 522. The number of aromatic amines is 1. The summed E-state index contributed by atoms with van der Waals surface area (Å²) in [5, 5.41) is 9.84. The van der Waals surface area contributed by atoms with Gasteiger partial charge in [-0.1, -0.05) is 6.92 Å². The maximum absolute atomic E-state index is 12.6. The van der Waals surface area contributed by atoms with Gasteiger partial charge in [-0.15, -0.1) is 0 Å². The molecule has 0 aliphatic heterocycles. The molecule has 1 aromatic rings. The Morgan fingerprint density at radius 2 is 2.26 bits per heavy atom. The van der Waals surface area contributed by atoms with E-state index in [1.807, 2.05) is 13.8 Å². The minimum atomic E-state index is -3.49. The fourth-order valence-corrected chi connectivity index (χ4v) is 3.67. The van der Waals surface area contributed by atoms with E-state index in [-0.39, 0.29) is 11.1 Å². The molecule has 1 aromatic heterocycles. The van der Waals surface area contributed by atoms with Crippen LogP contribution in [0.15, 0.2) is 11.2 Å². The van der Waals surface area contributed by atoms with Gasteiger partial charge in [0, 0.05) is 25.2 Å². The quantitative estimate of drug-likeness (QED) is 0.782. The number of sulfonamides is 1. The predicted molar refractivity (Wildman–Crippen MR) is 73.1 cm³/mol. The summed E-state index contributed by atoms with van der Waals surface area (Å²) in [5.41, 5.74) is 0.691. The van der Waals surface area contributed by atoms with Crippen LogP contribution in [-0.2, 0) is 16.6 Å². The van der Waals surface area contributed by atoms with E-state index in [2.05, 4.69) is 15.5 Å². The Hall–Kier alpha value is -0.920. The van der Waals surface area contributed by atoms with Gasteiger partial charge in [0.1, 0.15) is 0 Å². The molecular weight excluding hydrogens is 264 g/mol. The van der Waals surface area contributed by atoms with Gasteiger partial charge in [0.25, 0.3) is 10.0 Å². The summed E-state index contributed by atoms with van der Waals surface area (Å²) in [7, 11) is -1.84. The Labute approximate surface area is 114 Å². The first kappa shape index (κ1) is 14.5. The van der Waals surface area contributed by atoms with Crippen molar-refractivity contribution in [1.82, 2.24) is 19.8 Å². The lowest BCUT2D eigenvalue weighted by atomic mass is 10.2. The normalized spacial score (nSPS) is 17.9. The summed E-state index contributed by atoms with van der Waals surface area (Å²) in [6.45, 7) is 5.25. The minimum absolute atomic E-state index is 0.0419. The van der Waals surface area contributed by atoms with Crippen LogP contribution in [0.2, 0.25) is 0 Å². The molecule has 1 atom stereocenters. The summed E-state index contributed by atoms with van der Waals surface area (Å²) < 4.78 is 26.6. The van der Waals surface area contributed by atoms with Crippen molar-refractivity contribution in [1.29, 1.82) is 0 Å². The van der Waals surface area contributed by atoms with Crippen molar-refractivity contribution in [3.05, 3.63) is 11.8 Å². The molecule has 0 radical (unpaired) electrons. The lowest BCUT2D eigenvalue weighted by molar-refractivity contribution is 0.355. The Morgan fingerprint density at radius 1 is 1.58 bits per heavy atom. The molecule has 0 bridgehead atoms. The highest BCUT2D eigenvalue weighted by molar-refractivity contribution is 7.89. The zero-order valence-corrected chi connectivity index (χ0v) is 12.5. The molecule has 6 nitrogen and oxygen atoms in total. The molecular formula is C12H22N4O2S. The van der Waals surface area contributed by atoms with Crippen LogP contribution >= 0.6 is 0 Å². The number of H-pyrrole nitrogens is 1. The average Bonchev–Trinajstić information content (AvgIpc) is 3.12. The van der Waals surface area contributed by atoms with Crippen molar-refractivity contribution in [2.75, 3.05) is 13.6 Å². The van der Waals surface area contributed by atoms with Gasteiger partial charge in [0.15, 0.2) is 5.03 Å². The topological polar surface area (TPSA) is 78.1 Å². The fourth-order valence-electron chi connectivity index (χ4n) is 2.15. The van der Waals surface area contributed by atoms with Gasteiger partial charge in [-0.25, -0.2) is 8.42 Å². The molecule has 2 rings (SSSR count). The average molecular weight is 286 g/mol. The van der Waals surface area contributed by atoms with Crippen LogP contribution in [0.1, 0.15) is 32.3 Å². The van der Waals surface area contributed by atoms with Gasteiger partial charge in [0.05, 0.1) is 6.20 Å². The monoisotopic (exact) mass is 286 g/mol. The molecule has 0 spiro atoms. The number of hydrogen-bond acceptors (Lipinski definition) is 4. The van der Waals surface area contributed by atoms with E-state index in [4.69, 9.17) is 0 Å². The number of nitrogens with one attached hydrogen (secondary N) is 2. The molecule has 0 aromatic carbocycles. The maximum atomic E-state index is 12.6. The molecule has 1 unspecified atom stereocenters. The second-order valence-corrected chi connectivity index (χ2v) is 7.04. The van der Waals surface area contributed by atoms with Crippen LogP contribution in [0.25, 0.3) is 0 Å². The van der Waals surface area contributed by atoms with Gasteiger partial charge < -0.3 is 5.32 Å². The van der Waals surface area contributed by atoms with E-state index >= 15 is 0 Å². The third-order valence-corrected chi connectivity index (χ3v) is 5.72. The first-order valence-electron chi connectivity index (χ1n) is 6.69. The largest absolute Gasteiger partial charge is 0.313 e. The van der Waals surface area contributed by atoms with Crippen LogP contribution in [-0.4, -0.2) is 42.6 Å². The Balaban J connectivity index is 2.20. The standard InChI is InChI=1S/C12H22N4O2S/c1-4-13-7-11-8-14-15-12(11)19(17,18)16(3)9(2)10-5-6-10/h8-10,13H,4-7H2,1-3H3,(H,14,15). The first-order chi connectivity index (χ1) is 8.98. The molecule has 1 aliphatic carbocycles. The summed E-state index contributed by atoms with van der Waals surface area (Å²) in [5.74, 6) is 0.500. The van der Waals surface area contributed by atoms with Gasteiger partial charge in [-0.3, -0.25) is 5.10 Å². The van der Waals surface area contributed by atoms with Crippen molar-refractivity contribution < 1.29 is 8.42 Å². The summed E-state index contributed by atoms with van der Waals surface area (Å²) in [6.07, 6.45) is 3.81. The Kier molecular flexibility index (Phi) is 4.27. The molecule has 108 valence electrons. The minimum Gasteiger partial charge on any atom is -0.313 e. The van der Waals surface area contributed by atoms with Gasteiger partial charge in [-0.2, -0.15) is 9.40 Å². The number of hydrogen-bond donors (Lipinski definition) is 2. The highest BCUT2D eigenvalue weighted by Crippen LogP contribution is 2.36. The van der Waals surface area contributed by atoms with E-state index in [0.717, 1.165) is 19.4 Å². The lowest BCUT2D eigenvalue weighted by Crippen LogP contribution is -2.37. The molecule has 1 saturated carbocycles. The van der Waals surface area contributed by atoms with Crippen molar-refractivity contribution in [3.8, 4) is 0 Å². The number of nitrogens with zero attached hydrogens (tertiary/aromatic N) is 2. The van der Waals surface area contributed by atoms with E-state index in [1.165, 1.54) is 4.31 Å². The molecule has 0 amide bonds. The Morgan fingerprint density at radius 3 is 2.84 bits per heavy atom. The SMILES string of the molecule is CCNCc1cn[nH]c1S(=O)(=O)N(C)C(C)C1CC1. The van der Waals surface area contributed by atoms with Crippen LogP contribution < -0.4 is 5.32 Å². The van der Waals surface area contributed by atoms with E-state index in [9.17, 15) is 8.42 Å². The third kappa shape index (κ3) is 2.98. The van der Waals surface area contributed by atoms with Gasteiger partial charge in [-0.05, 0) is 32.2 Å². The van der Waals surface area contributed by atoms with E-state index in [0.29, 0.717) is 18.0 Å². The molecule has 19 heavy (non-hydrogen) atoms. The zero-order valence-electron chi connectivity index (χ0n) is 11.7. The third-order valence-electron chi connectivity index (χ3n) is 3.76. The molecule has 7 heteroatoms. The molecule has 1 fully saturated rings. The number of rotatable bonds is 7. The summed E-state index contributed by atoms with van der Waals surface area (Å²) in [4.78, 5) is 0. The van der Waals surface area contributed by atoms with Crippen molar-refractivity contribution >= 4 is 10.0 Å². The van der Waals surface area contributed by atoms with Crippen LogP contribution in [0, 0.1) is 5.92 Å². The van der Waals surface area contributed by atoms with Crippen LogP contribution in [0.4, 0.5) is 0 Å². The van der Waals surface area contributed by atoms with Crippen molar-refractivity contribution in [2.45, 2.75) is 44.3 Å².